The Morgan fingerprint density at radius 2 is 1.71 bits per heavy atom. The van der Waals surface area contributed by atoms with Crippen LogP contribution < -0.4 is 4.74 Å². The Labute approximate surface area is 109 Å². The number of hydrogen-bond donors (Lipinski definition) is 0. The van der Waals surface area contributed by atoms with E-state index < -0.39 is 52.8 Å². The molecule has 0 spiro atoms. The SMILES string of the molecule is O=[N+]([O-])c1c(C(F)F)cc(C(F)(F)F)nc1OC(F)(F)F. The van der Waals surface area contributed by atoms with E-state index in [1.807, 2.05) is 0 Å². The molecular formula is C8H2F8N2O3. The molecule has 0 saturated carbocycles. The predicted molar refractivity (Wildman–Crippen MR) is 47.5 cm³/mol. The molecule has 0 fully saturated rings. The number of halogens is 8. The molecule has 13 heteroatoms. The topological polar surface area (TPSA) is 65.3 Å². The third-order valence-electron chi connectivity index (χ3n) is 1.91. The van der Waals surface area contributed by atoms with Gasteiger partial charge in [-0.25, -0.2) is 13.8 Å². The van der Waals surface area contributed by atoms with Gasteiger partial charge in [0.1, 0.15) is 11.3 Å². The maximum atomic E-state index is 12.5. The first-order valence-electron chi connectivity index (χ1n) is 4.63. The number of nitrogens with zero attached hydrogens (tertiary/aromatic N) is 2. The lowest BCUT2D eigenvalue weighted by atomic mass is 10.2. The largest absolute Gasteiger partial charge is 0.574 e. The molecule has 0 aliphatic heterocycles. The zero-order valence-electron chi connectivity index (χ0n) is 9.30. The number of hydrogen-bond acceptors (Lipinski definition) is 4. The van der Waals surface area contributed by atoms with Crippen molar-refractivity contribution in [2.45, 2.75) is 19.0 Å². The van der Waals surface area contributed by atoms with Gasteiger partial charge in [-0.1, -0.05) is 0 Å². The van der Waals surface area contributed by atoms with Crippen molar-refractivity contribution in [1.82, 2.24) is 4.98 Å². The molecule has 21 heavy (non-hydrogen) atoms. The van der Waals surface area contributed by atoms with E-state index in [1.54, 1.807) is 0 Å². The van der Waals surface area contributed by atoms with Gasteiger partial charge in [-0.2, -0.15) is 13.2 Å². The second kappa shape index (κ2) is 5.29. The Hall–Kier alpha value is -2.21. The number of pyridine rings is 1. The van der Waals surface area contributed by atoms with Crippen molar-refractivity contribution < 1.29 is 44.8 Å². The fourth-order valence-electron chi connectivity index (χ4n) is 1.21. The van der Waals surface area contributed by atoms with Gasteiger partial charge in [0.15, 0.2) is 0 Å². The highest BCUT2D eigenvalue weighted by atomic mass is 19.4. The van der Waals surface area contributed by atoms with E-state index in [0.717, 1.165) is 0 Å². The highest BCUT2D eigenvalue weighted by Gasteiger charge is 2.42. The summed E-state index contributed by atoms with van der Waals surface area (Å²) in [4.78, 5) is 11.0. The van der Waals surface area contributed by atoms with Crippen molar-refractivity contribution in [3.05, 3.63) is 27.4 Å². The summed E-state index contributed by atoms with van der Waals surface area (Å²) < 4.78 is 101. The summed E-state index contributed by atoms with van der Waals surface area (Å²) in [5.41, 5.74) is -6.06. The first-order chi connectivity index (χ1) is 9.33. The van der Waals surface area contributed by atoms with Crippen molar-refractivity contribution in [2.75, 3.05) is 0 Å². The van der Waals surface area contributed by atoms with E-state index in [-0.39, 0.29) is 0 Å². The van der Waals surface area contributed by atoms with Gasteiger partial charge in [0.05, 0.1) is 4.92 Å². The Morgan fingerprint density at radius 3 is 2.05 bits per heavy atom. The van der Waals surface area contributed by atoms with Crippen molar-refractivity contribution in [2.24, 2.45) is 0 Å². The van der Waals surface area contributed by atoms with E-state index in [2.05, 4.69) is 9.72 Å². The quantitative estimate of drug-likeness (QED) is 0.481. The Morgan fingerprint density at radius 1 is 1.19 bits per heavy atom. The second-order valence-corrected chi connectivity index (χ2v) is 3.35. The summed E-state index contributed by atoms with van der Waals surface area (Å²) in [6.07, 6.45) is -14.9. The van der Waals surface area contributed by atoms with Crippen LogP contribution in [0.15, 0.2) is 6.07 Å². The Bertz CT molecular complexity index is 554. The van der Waals surface area contributed by atoms with E-state index >= 15 is 0 Å². The minimum atomic E-state index is -5.65. The van der Waals surface area contributed by atoms with Crippen molar-refractivity contribution in [3.63, 3.8) is 0 Å². The number of aromatic nitrogens is 1. The van der Waals surface area contributed by atoms with Crippen LogP contribution in [0.2, 0.25) is 0 Å². The van der Waals surface area contributed by atoms with Crippen LogP contribution in [-0.4, -0.2) is 16.3 Å². The summed E-state index contributed by atoms with van der Waals surface area (Å²) in [5.74, 6) is -2.21. The molecule has 0 N–H and O–H groups in total. The van der Waals surface area contributed by atoms with Crippen molar-refractivity contribution in [3.8, 4) is 5.88 Å². The number of alkyl halides is 8. The van der Waals surface area contributed by atoms with Crippen LogP contribution in [0, 0.1) is 10.1 Å². The zero-order chi connectivity index (χ0) is 16.6. The molecule has 0 unspecified atom stereocenters. The van der Waals surface area contributed by atoms with Gasteiger partial charge >= 0.3 is 24.1 Å². The van der Waals surface area contributed by atoms with Gasteiger partial charge in [-0.15, -0.1) is 13.2 Å². The zero-order valence-corrected chi connectivity index (χ0v) is 9.30. The maximum absolute atomic E-state index is 12.5. The highest BCUT2D eigenvalue weighted by Crippen LogP contribution is 2.41. The third-order valence-corrected chi connectivity index (χ3v) is 1.91. The van der Waals surface area contributed by atoms with E-state index in [9.17, 15) is 45.2 Å². The number of nitro groups is 1. The van der Waals surface area contributed by atoms with Crippen LogP contribution in [-0.2, 0) is 6.18 Å². The van der Waals surface area contributed by atoms with Crippen LogP contribution in [0.4, 0.5) is 40.8 Å². The summed E-state index contributed by atoms with van der Waals surface area (Å²) in [7, 11) is 0. The number of ether oxygens (including phenoxy) is 1. The predicted octanol–water partition coefficient (Wildman–Crippen LogP) is 3.84. The molecule has 1 aromatic rings. The van der Waals surface area contributed by atoms with Gasteiger partial charge in [0.2, 0.25) is 0 Å². The lowest BCUT2D eigenvalue weighted by Gasteiger charge is -2.13. The molecule has 1 aromatic heterocycles. The summed E-state index contributed by atoms with van der Waals surface area (Å²) in [6, 6.07) is -0.411. The average molecular weight is 326 g/mol. The van der Waals surface area contributed by atoms with Crippen LogP contribution in [0.3, 0.4) is 0 Å². The Balaban J connectivity index is 3.63. The molecule has 0 aliphatic carbocycles. The van der Waals surface area contributed by atoms with E-state index in [0.29, 0.717) is 0 Å². The van der Waals surface area contributed by atoms with Gasteiger partial charge < -0.3 is 4.74 Å². The van der Waals surface area contributed by atoms with Crippen molar-refractivity contribution >= 4 is 5.69 Å². The molecule has 1 heterocycles. The first kappa shape index (κ1) is 16.8. The van der Waals surface area contributed by atoms with Gasteiger partial charge in [-0.05, 0) is 6.07 Å². The molecule has 0 atom stereocenters. The molecule has 0 amide bonds. The molecule has 1 rings (SSSR count). The lowest BCUT2D eigenvalue weighted by molar-refractivity contribution is -0.390. The van der Waals surface area contributed by atoms with E-state index in [4.69, 9.17) is 0 Å². The molecule has 0 bridgehead atoms. The molecular weight excluding hydrogens is 324 g/mol. The van der Waals surface area contributed by atoms with Crippen LogP contribution in [0.25, 0.3) is 0 Å². The Kier molecular flexibility index (Phi) is 4.24. The van der Waals surface area contributed by atoms with Gasteiger partial charge in [-0.3, -0.25) is 10.1 Å². The standard InChI is InChI=1S/C8H2F8N2O3/c9-5(10)2-1-3(7(11,12)13)17-6(4(2)18(19)20)21-8(14,15)16/h1,5H. The fourth-order valence-corrected chi connectivity index (χ4v) is 1.21. The monoisotopic (exact) mass is 326 g/mol. The van der Waals surface area contributed by atoms with Gasteiger partial charge in [0.25, 0.3) is 6.43 Å². The molecule has 0 aliphatic rings. The molecule has 5 nitrogen and oxygen atoms in total. The number of rotatable bonds is 3. The summed E-state index contributed by atoms with van der Waals surface area (Å²) >= 11 is 0. The van der Waals surface area contributed by atoms with Crippen LogP contribution in [0.1, 0.15) is 17.7 Å². The minimum absolute atomic E-state index is 0.411. The third kappa shape index (κ3) is 4.13. The lowest BCUT2D eigenvalue weighted by Crippen LogP contribution is -2.21. The average Bonchev–Trinajstić information content (AvgIpc) is 2.23. The molecule has 0 saturated heterocycles. The van der Waals surface area contributed by atoms with Crippen molar-refractivity contribution in [1.29, 1.82) is 0 Å². The van der Waals surface area contributed by atoms with Gasteiger partial charge in [0, 0.05) is 0 Å². The summed E-state index contributed by atoms with van der Waals surface area (Å²) in [5, 5.41) is 10.5. The van der Waals surface area contributed by atoms with Crippen LogP contribution >= 0.6 is 0 Å². The first-order valence-corrected chi connectivity index (χ1v) is 4.63. The van der Waals surface area contributed by atoms with Crippen LogP contribution in [0.5, 0.6) is 5.88 Å². The second-order valence-electron chi connectivity index (χ2n) is 3.35. The van der Waals surface area contributed by atoms with E-state index in [1.165, 1.54) is 0 Å². The molecule has 0 aromatic carbocycles. The highest BCUT2D eigenvalue weighted by molar-refractivity contribution is 5.50. The fraction of sp³-hybridized carbons (Fsp3) is 0.375. The maximum Gasteiger partial charge on any atom is 0.574 e. The smallest absolute Gasteiger partial charge is 0.381 e. The minimum Gasteiger partial charge on any atom is -0.381 e. The summed E-state index contributed by atoms with van der Waals surface area (Å²) in [6.45, 7) is 0. The molecule has 118 valence electrons. The normalized spacial score (nSPS) is 12.6. The molecule has 0 radical (unpaired) electrons.